The lowest BCUT2D eigenvalue weighted by molar-refractivity contribution is -0.128. The van der Waals surface area contributed by atoms with E-state index in [0.29, 0.717) is 12.3 Å². The Hall–Kier alpha value is -3.60. The molecule has 0 saturated carbocycles. The summed E-state index contributed by atoms with van der Waals surface area (Å²) >= 11 is 0. The number of guanidine groups is 1. The number of halogens is 1. The molecule has 11 heteroatoms. The average molecular weight is 442 g/mol. The van der Waals surface area contributed by atoms with Crippen LogP contribution in [-0.4, -0.2) is 59.0 Å². The summed E-state index contributed by atoms with van der Waals surface area (Å²) in [5.41, 5.74) is 5.15. The predicted octanol–water partition coefficient (Wildman–Crippen LogP) is 1.43. The minimum Gasteiger partial charge on any atom is -0.474 e. The minimum atomic E-state index is -1.19. The number of hydrogen-bond donors (Lipinski definition) is 2. The molecule has 10 nitrogen and oxygen atoms in total. The van der Waals surface area contributed by atoms with E-state index in [1.807, 2.05) is 0 Å². The second kappa shape index (κ2) is 8.50. The standard InChI is InChI=1S/C21H23FN6O4/c1-21(8-18(29)28(2)20(23)27-21)14-7-12(3-4-15(14)22)26-19(30)16-9-25-17(10-24-16)32-11-13-5-6-31-13/h3-4,7,9-10,13H,5-6,8,11H2,1-2H3,(H2,23,27)(H,26,30). The molecule has 32 heavy (non-hydrogen) atoms. The van der Waals surface area contributed by atoms with Crippen molar-refractivity contribution in [3.05, 3.63) is 47.7 Å². The molecule has 1 fully saturated rings. The zero-order chi connectivity index (χ0) is 22.9. The highest BCUT2D eigenvalue weighted by molar-refractivity contribution is 6.03. The Bertz CT molecular complexity index is 1070. The van der Waals surface area contributed by atoms with Gasteiger partial charge in [-0.15, -0.1) is 0 Å². The zero-order valence-electron chi connectivity index (χ0n) is 17.7. The fraction of sp³-hybridized carbons (Fsp3) is 0.381. The number of nitrogens with one attached hydrogen (secondary N) is 1. The van der Waals surface area contributed by atoms with Gasteiger partial charge in [0.15, 0.2) is 5.96 Å². The second-order valence-corrected chi connectivity index (χ2v) is 7.85. The molecule has 168 valence electrons. The summed E-state index contributed by atoms with van der Waals surface area (Å²) < 4.78 is 25.4. The van der Waals surface area contributed by atoms with E-state index in [2.05, 4.69) is 20.3 Å². The summed E-state index contributed by atoms with van der Waals surface area (Å²) in [7, 11) is 1.51. The van der Waals surface area contributed by atoms with Gasteiger partial charge in [0, 0.05) is 31.3 Å². The molecule has 2 aliphatic rings. The molecule has 1 aromatic carbocycles. The van der Waals surface area contributed by atoms with Crippen LogP contribution in [0.5, 0.6) is 5.88 Å². The molecule has 0 spiro atoms. The molecule has 0 radical (unpaired) electrons. The molecule has 0 bridgehead atoms. The van der Waals surface area contributed by atoms with Gasteiger partial charge >= 0.3 is 0 Å². The summed E-state index contributed by atoms with van der Waals surface area (Å²) in [5, 5.41) is 2.66. The Kier molecular flexibility index (Phi) is 5.74. The Labute approximate surface area is 183 Å². The molecule has 4 rings (SSSR count). The number of nitrogens with zero attached hydrogens (tertiary/aromatic N) is 4. The maximum atomic E-state index is 14.6. The lowest BCUT2D eigenvalue weighted by Gasteiger charge is -2.34. The number of hydrogen-bond acceptors (Lipinski definition) is 8. The minimum absolute atomic E-state index is 0.000887. The summed E-state index contributed by atoms with van der Waals surface area (Å²) in [6.45, 7) is 2.73. The van der Waals surface area contributed by atoms with Gasteiger partial charge in [-0.1, -0.05) is 0 Å². The van der Waals surface area contributed by atoms with Gasteiger partial charge in [-0.3, -0.25) is 14.5 Å². The van der Waals surface area contributed by atoms with E-state index in [4.69, 9.17) is 15.2 Å². The van der Waals surface area contributed by atoms with Crippen LogP contribution in [0, 0.1) is 5.82 Å². The van der Waals surface area contributed by atoms with Gasteiger partial charge in [0.05, 0.1) is 30.5 Å². The molecule has 1 aromatic heterocycles. The summed E-state index contributed by atoms with van der Waals surface area (Å²) in [4.78, 5) is 38.5. The maximum Gasteiger partial charge on any atom is 0.275 e. The Morgan fingerprint density at radius 2 is 2.19 bits per heavy atom. The number of carbonyl (C=O) groups is 2. The van der Waals surface area contributed by atoms with Crippen LogP contribution in [0.4, 0.5) is 10.1 Å². The quantitative estimate of drug-likeness (QED) is 0.692. The highest BCUT2D eigenvalue weighted by Gasteiger charge is 2.38. The molecular weight excluding hydrogens is 419 g/mol. The molecule has 1 saturated heterocycles. The Morgan fingerprint density at radius 1 is 1.41 bits per heavy atom. The highest BCUT2D eigenvalue weighted by atomic mass is 19.1. The summed E-state index contributed by atoms with van der Waals surface area (Å²) in [6.07, 6.45) is 3.59. The van der Waals surface area contributed by atoms with Gasteiger partial charge in [-0.05, 0) is 25.1 Å². The van der Waals surface area contributed by atoms with Crippen molar-refractivity contribution >= 4 is 23.5 Å². The number of aliphatic imine (C=N–C) groups is 1. The number of benzene rings is 1. The monoisotopic (exact) mass is 442 g/mol. The topological polar surface area (TPSA) is 132 Å². The van der Waals surface area contributed by atoms with Gasteiger partial charge in [-0.2, -0.15) is 0 Å². The van der Waals surface area contributed by atoms with E-state index < -0.39 is 17.3 Å². The second-order valence-electron chi connectivity index (χ2n) is 7.85. The fourth-order valence-corrected chi connectivity index (χ4v) is 3.38. The van der Waals surface area contributed by atoms with Crippen LogP contribution in [0.2, 0.25) is 0 Å². The third-order valence-corrected chi connectivity index (χ3v) is 5.45. The molecule has 2 amide bonds. The Morgan fingerprint density at radius 3 is 2.81 bits per heavy atom. The van der Waals surface area contributed by atoms with Crippen LogP contribution in [0.1, 0.15) is 35.8 Å². The van der Waals surface area contributed by atoms with Crippen LogP contribution >= 0.6 is 0 Å². The van der Waals surface area contributed by atoms with Crippen molar-refractivity contribution in [2.75, 3.05) is 25.6 Å². The first kappa shape index (κ1) is 21.6. The highest BCUT2D eigenvalue weighted by Crippen LogP contribution is 2.35. The van der Waals surface area contributed by atoms with Crippen LogP contribution in [-0.2, 0) is 15.1 Å². The summed E-state index contributed by atoms with van der Waals surface area (Å²) in [6, 6.07) is 4.05. The molecule has 2 atom stereocenters. The normalized spacial score (nSPS) is 22.7. The van der Waals surface area contributed by atoms with Gasteiger partial charge in [-0.25, -0.2) is 19.4 Å². The first-order valence-corrected chi connectivity index (χ1v) is 10.0. The maximum absolute atomic E-state index is 14.6. The Balaban J connectivity index is 1.48. The van der Waals surface area contributed by atoms with Crippen LogP contribution in [0.3, 0.4) is 0 Å². The van der Waals surface area contributed by atoms with E-state index in [1.54, 1.807) is 6.92 Å². The summed E-state index contributed by atoms with van der Waals surface area (Å²) in [5.74, 6) is -1.08. The number of amides is 2. The van der Waals surface area contributed by atoms with Crippen molar-refractivity contribution in [1.29, 1.82) is 0 Å². The fourth-order valence-electron chi connectivity index (χ4n) is 3.38. The van der Waals surface area contributed by atoms with Crippen molar-refractivity contribution in [3.8, 4) is 5.88 Å². The van der Waals surface area contributed by atoms with Crippen molar-refractivity contribution in [3.63, 3.8) is 0 Å². The van der Waals surface area contributed by atoms with E-state index in [1.165, 1.54) is 42.5 Å². The van der Waals surface area contributed by atoms with Gasteiger partial charge < -0.3 is 20.5 Å². The van der Waals surface area contributed by atoms with Crippen LogP contribution in [0.25, 0.3) is 0 Å². The van der Waals surface area contributed by atoms with E-state index >= 15 is 0 Å². The van der Waals surface area contributed by atoms with Crippen molar-refractivity contribution in [2.24, 2.45) is 10.7 Å². The molecule has 3 N–H and O–H groups in total. The van der Waals surface area contributed by atoms with Gasteiger partial charge in [0.1, 0.15) is 18.1 Å². The lowest BCUT2D eigenvalue weighted by atomic mass is 9.87. The van der Waals surface area contributed by atoms with Crippen molar-refractivity contribution < 1.29 is 23.5 Å². The molecule has 2 aromatic rings. The van der Waals surface area contributed by atoms with E-state index in [9.17, 15) is 14.0 Å². The first-order chi connectivity index (χ1) is 15.2. The van der Waals surface area contributed by atoms with E-state index in [0.717, 1.165) is 13.0 Å². The smallest absolute Gasteiger partial charge is 0.275 e. The SMILES string of the molecule is CN1C(=O)CC(C)(c2cc(NC(=O)c3cnc(OCC4CCO4)cn3)ccc2F)N=C1N. The molecule has 2 unspecified atom stereocenters. The largest absolute Gasteiger partial charge is 0.474 e. The van der Waals surface area contributed by atoms with Gasteiger partial charge in [0.25, 0.3) is 5.91 Å². The van der Waals surface area contributed by atoms with Crippen LogP contribution < -0.4 is 15.8 Å². The number of rotatable bonds is 6. The van der Waals surface area contributed by atoms with Crippen LogP contribution in [0.15, 0.2) is 35.6 Å². The molecule has 0 aliphatic carbocycles. The van der Waals surface area contributed by atoms with Crippen molar-refractivity contribution in [2.45, 2.75) is 31.4 Å². The van der Waals surface area contributed by atoms with E-state index in [-0.39, 0.29) is 41.5 Å². The number of aromatic nitrogens is 2. The van der Waals surface area contributed by atoms with Crippen molar-refractivity contribution in [1.82, 2.24) is 14.9 Å². The number of nitrogens with two attached hydrogens (primary N) is 1. The van der Waals surface area contributed by atoms with Gasteiger partial charge in [0.2, 0.25) is 11.8 Å². The third-order valence-electron chi connectivity index (χ3n) is 5.45. The molecule has 2 aliphatic heterocycles. The number of anilines is 1. The zero-order valence-corrected chi connectivity index (χ0v) is 17.7. The average Bonchev–Trinajstić information content (AvgIpc) is 2.72. The number of carbonyl (C=O) groups excluding carboxylic acids is 2. The lowest BCUT2D eigenvalue weighted by Crippen LogP contribution is -2.47. The molecule has 3 heterocycles. The molecular formula is C21H23FN6O4. The number of ether oxygens (including phenoxy) is 2. The third kappa shape index (κ3) is 4.37. The first-order valence-electron chi connectivity index (χ1n) is 10.0. The predicted molar refractivity (Wildman–Crippen MR) is 113 cm³/mol.